The van der Waals surface area contributed by atoms with Gasteiger partial charge < -0.3 is 5.32 Å². The lowest BCUT2D eigenvalue weighted by Crippen LogP contribution is -2.56. The summed E-state index contributed by atoms with van der Waals surface area (Å²) in [4.78, 5) is 25.8. The Morgan fingerprint density at radius 3 is 2.38 bits per heavy atom. The lowest BCUT2D eigenvalue weighted by Gasteiger charge is -2.36. The number of nitrogens with zero attached hydrogens (tertiary/aromatic N) is 2. The molecule has 2 fully saturated rings. The fraction of sp³-hybridized carbons (Fsp3) is 0.846. The number of nitrogens with one attached hydrogen (secondary N) is 1. The van der Waals surface area contributed by atoms with Crippen LogP contribution in [-0.2, 0) is 9.59 Å². The number of alkyl halides is 3. The van der Waals surface area contributed by atoms with Gasteiger partial charge in [-0.2, -0.15) is 13.2 Å². The number of hydrogen-bond acceptors (Lipinski definition) is 4. The van der Waals surface area contributed by atoms with Crippen molar-refractivity contribution in [1.29, 1.82) is 0 Å². The second-order valence-corrected chi connectivity index (χ2v) is 5.71. The molecule has 0 radical (unpaired) electrons. The number of piperidine rings is 2. The van der Waals surface area contributed by atoms with E-state index in [0.29, 0.717) is 38.8 Å². The maximum Gasteiger partial charge on any atom is 0.401 e. The van der Waals surface area contributed by atoms with E-state index < -0.39 is 18.8 Å². The Labute approximate surface area is 121 Å². The SMILES string of the molecule is CN1C(=O)CCC(NC2CCN(CC(F)(F)F)CC2)C1=O. The second-order valence-electron chi connectivity index (χ2n) is 5.71. The zero-order valence-electron chi connectivity index (χ0n) is 11.9. The van der Waals surface area contributed by atoms with Gasteiger partial charge in [0, 0.05) is 19.5 Å². The summed E-state index contributed by atoms with van der Waals surface area (Å²) in [7, 11) is 1.46. The molecule has 5 nitrogen and oxygen atoms in total. The predicted molar refractivity (Wildman–Crippen MR) is 69.5 cm³/mol. The number of hydrogen-bond donors (Lipinski definition) is 1. The molecule has 2 saturated heterocycles. The van der Waals surface area contributed by atoms with Gasteiger partial charge in [0.1, 0.15) is 0 Å². The Kier molecular flexibility index (Phi) is 4.88. The van der Waals surface area contributed by atoms with E-state index in [2.05, 4.69) is 5.32 Å². The Morgan fingerprint density at radius 2 is 1.81 bits per heavy atom. The van der Waals surface area contributed by atoms with Crippen molar-refractivity contribution in [1.82, 2.24) is 15.1 Å². The number of amides is 2. The minimum atomic E-state index is -4.16. The Bertz CT molecular complexity index is 406. The van der Waals surface area contributed by atoms with E-state index >= 15 is 0 Å². The quantitative estimate of drug-likeness (QED) is 0.782. The van der Waals surface area contributed by atoms with Crippen LogP contribution in [0.2, 0.25) is 0 Å². The van der Waals surface area contributed by atoms with Gasteiger partial charge in [-0.1, -0.05) is 0 Å². The van der Waals surface area contributed by atoms with Crippen LogP contribution in [0, 0.1) is 0 Å². The van der Waals surface area contributed by atoms with Crippen LogP contribution in [0.15, 0.2) is 0 Å². The van der Waals surface area contributed by atoms with E-state index in [9.17, 15) is 22.8 Å². The molecule has 2 aliphatic heterocycles. The van der Waals surface area contributed by atoms with E-state index in [4.69, 9.17) is 0 Å². The van der Waals surface area contributed by atoms with Crippen molar-refractivity contribution < 1.29 is 22.8 Å². The van der Waals surface area contributed by atoms with Crippen LogP contribution in [0.25, 0.3) is 0 Å². The maximum atomic E-state index is 12.3. The highest BCUT2D eigenvalue weighted by Gasteiger charge is 2.35. The summed E-state index contributed by atoms with van der Waals surface area (Å²) in [5, 5.41) is 3.19. The monoisotopic (exact) mass is 307 g/mol. The van der Waals surface area contributed by atoms with Crippen LogP contribution < -0.4 is 5.32 Å². The molecule has 2 heterocycles. The fourth-order valence-electron chi connectivity index (χ4n) is 2.87. The highest BCUT2D eigenvalue weighted by Crippen LogP contribution is 2.21. The van der Waals surface area contributed by atoms with Crippen LogP contribution in [0.1, 0.15) is 25.7 Å². The first-order chi connectivity index (χ1) is 9.76. The molecule has 0 aliphatic carbocycles. The standard InChI is InChI=1S/C13H20F3N3O2/c1-18-11(20)3-2-10(12(18)21)17-9-4-6-19(7-5-9)8-13(14,15)16/h9-10,17H,2-8H2,1H3. The number of carbonyl (C=O) groups is 2. The molecule has 0 bridgehead atoms. The number of imide groups is 1. The van der Waals surface area contributed by atoms with Crippen molar-refractivity contribution in [3.8, 4) is 0 Å². The predicted octanol–water partition coefficient (Wildman–Crippen LogP) is 0.750. The number of likely N-dealkylation sites (N-methyl/N-ethyl adjacent to an activating group) is 1. The van der Waals surface area contributed by atoms with Crippen molar-refractivity contribution in [3.05, 3.63) is 0 Å². The number of halogens is 3. The van der Waals surface area contributed by atoms with E-state index in [0.717, 1.165) is 4.90 Å². The first kappa shape index (κ1) is 16.2. The molecule has 8 heteroatoms. The van der Waals surface area contributed by atoms with Crippen molar-refractivity contribution in [3.63, 3.8) is 0 Å². The van der Waals surface area contributed by atoms with Crippen molar-refractivity contribution in [2.45, 2.75) is 43.9 Å². The van der Waals surface area contributed by atoms with Gasteiger partial charge in [-0.3, -0.25) is 19.4 Å². The van der Waals surface area contributed by atoms with E-state index in [1.807, 2.05) is 0 Å². The average molecular weight is 307 g/mol. The molecule has 2 amide bonds. The van der Waals surface area contributed by atoms with Crippen molar-refractivity contribution in [2.24, 2.45) is 0 Å². The molecule has 120 valence electrons. The molecular formula is C13H20F3N3O2. The smallest absolute Gasteiger partial charge is 0.303 e. The number of rotatable bonds is 3. The third-order valence-corrected chi connectivity index (χ3v) is 4.08. The van der Waals surface area contributed by atoms with Crippen LogP contribution >= 0.6 is 0 Å². The van der Waals surface area contributed by atoms with Crippen LogP contribution in [0.3, 0.4) is 0 Å². The molecule has 1 N–H and O–H groups in total. The minimum absolute atomic E-state index is 0.0324. The normalized spacial score (nSPS) is 26.5. The zero-order valence-corrected chi connectivity index (χ0v) is 11.9. The molecular weight excluding hydrogens is 287 g/mol. The molecule has 0 aromatic rings. The van der Waals surface area contributed by atoms with Gasteiger partial charge >= 0.3 is 6.18 Å². The summed E-state index contributed by atoms with van der Waals surface area (Å²) < 4.78 is 36.9. The Hall–Kier alpha value is -1.15. The third kappa shape index (κ3) is 4.41. The van der Waals surface area contributed by atoms with Gasteiger partial charge in [0.15, 0.2) is 0 Å². The van der Waals surface area contributed by atoms with Gasteiger partial charge in [-0.15, -0.1) is 0 Å². The molecule has 2 aliphatic rings. The summed E-state index contributed by atoms with van der Waals surface area (Å²) in [5.41, 5.74) is 0. The third-order valence-electron chi connectivity index (χ3n) is 4.08. The van der Waals surface area contributed by atoms with Gasteiger partial charge in [-0.05, 0) is 32.4 Å². The second kappa shape index (κ2) is 6.31. The lowest BCUT2D eigenvalue weighted by molar-refractivity contribution is -0.148. The zero-order chi connectivity index (χ0) is 15.6. The summed E-state index contributed by atoms with van der Waals surface area (Å²) in [6.45, 7) is -0.140. The van der Waals surface area contributed by atoms with Gasteiger partial charge in [0.2, 0.25) is 11.8 Å². The largest absolute Gasteiger partial charge is 0.401 e. The van der Waals surface area contributed by atoms with E-state index in [1.54, 1.807) is 0 Å². The minimum Gasteiger partial charge on any atom is -0.303 e. The molecule has 0 saturated carbocycles. The van der Waals surface area contributed by atoms with Gasteiger partial charge in [0.05, 0.1) is 12.6 Å². The maximum absolute atomic E-state index is 12.3. The molecule has 2 rings (SSSR count). The van der Waals surface area contributed by atoms with Crippen LogP contribution in [0.4, 0.5) is 13.2 Å². The van der Waals surface area contributed by atoms with Crippen LogP contribution in [0.5, 0.6) is 0 Å². The molecule has 0 aromatic heterocycles. The molecule has 0 aromatic carbocycles. The highest BCUT2D eigenvalue weighted by molar-refractivity contribution is 6.00. The molecule has 21 heavy (non-hydrogen) atoms. The molecule has 1 atom stereocenters. The molecule has 0 spiro atoms. The van der Waals surface area contributed by atoms with E-state index in [1.165, 1.54) is 11.9 Å². The van der Waals surface area contributed by atoms with Gasteiger partial charge in [0.25, 0.3) is 0 Å². The number of likely N-dealkylation sites (tertiary alicyclic amines) is 2. The van der Waals surface area contributed by atoms with Gasteiger partial charge in [-0.25, -0.2) is 0 Å². The van der Waals surface area contributed by atoms with Crippen molar-refractivity contribution >= 4 is 11.8 Å². The first-order valence-corrected chi connectivity index (χ1v) is 7.12. The lowest BCUT2D eigenvalue weighted by atomic mass is 9.99. The summed E-state index contributed by atoms with van der Waals surface area (Å²) in [6, 6.07) is -0.364. The van der Waals surface area contributed by atoms with Crippen LogP contribution in [-0.4, -0.2) is 66.6 Å². The Morgan fingerprint density at radius 1 is 1.19 bits per heavy atom. The summed E-state index contributed by atoms with van der Waals surface area (Å²) in [5.74, 6) is -0.429. The summed E-state index contributed by atoms with van der Waals surface area (Å²) >= 11 is 0. The fourth-order valence-corrected chi connectivity index (χ4v) is 2.87. The summed E-state index contributed by atoms with van der Waals surface area (Å²) in [6.07, 6.45) is -2.21. The van der Waals surface area contributed by atoms with E-state index in [-0.39, 0.29) is 17.9 Å². The highest BCUT2D eigenvalue weighted by atomic mass is 19.4. The topological polar surface area (TPSA) is 52.7 Å². The van der Waals surface area contributed by atoms with Crippen molar-refractivity contribution in [2.75, 3.05) is 26.7 Å². The number of carbonyl (C=O) groups excluding carboxylic acids is 2. The molecule has 1 unspecified atom stereocenters. The Balaban J connectivity index is 1.79. The average Bonchev–Trinajstić information content (AvgIpc) is 2.40. The first-order valence-electron chi connectivity index (χ1n) is 7.12.